The normalized spacial score (nSPS) is 11.2. The van der Waals surface area contributed by atoms with Gasteiger partial charge in [-0.3, -0.25) is 9.71 Å². The number of nitrogens with zero attached hydrogens (tertiary/aromatic N) is 2. The summed E-state index contributed by atoms with van der Waals surface area (Å²) >= 11 is 3.26. The third-order valence-electron chi connectivity index (χ3n) is 2.34. The predicted octanol–water partition coefficient (Wildman–Crippen LogP) is 2.22. The molecule has 0 bridgehead atoms. The third kappa shape index (κ3) is 4.60. The number of halogens is 1. The lowest BCUT2D eigenvalue weighted by atomic mass is 10.3. The maximum atomic E-state index is 11.9. The number of aryl methyl sites for hydroxylation is 1. The number of sulfonamides is 1. The molecule has 0 aliphatic heterocycles. The fourth-order valence-electron chi connectivity index (χ4n) is 1.46. The smallest absolute Gasteiger partial charge is 0.234 e. The second-order valence-electron chi connectivity index (χ2n) is 3.85. The van der Waals surface area contributed by atoms with Gasteiger partial charge in [-0.15, -0.1) is 0 Å². The van der Waals surface area contributed by atoms with Gasteiger partial charge in [-0.1, -0.05) is 22.0 Å². The van der Waals surface area contributed by atoms with Crippen LogP contribution in [0.15, 0.2) is 47.2 Å². The van der Waals surface area contributed by atoms with E-state index < -0.39 is 10.0 Å². The molecule has 0 radical (unpaired) electrons. The van der Waals surface area contributed by atoms with Gasteiger partial charge in [0.2, 0.25) is 10.0 Å². The molecule has 19 heavy (non-hydrogen) atoms. The van der Waals surface area contributed by atoms with Crippen LogP contribution in [0.2, 0.25) is 0 Å². The predicted molar refractivity (Wildman–Crippen MR) is 77.3 cm³/mol. The molecule has 2 aromatic rings. The van der Waals surface area contributed by atoms with Crippen LogP contribution < -0.4 is 4.72 Å². The molecular formula is C12H12BrN3O2S. The molecule has 0 unspecified atom stereocenters. The first kappa shape index (κ1) is 14.0. The molecule has 7 heteroatoms. The molecule has 0 spiro atoms. The third-order valence-corrected chi connectivity index (χ3v) is 4.09. The van der Waals surface area contributed by atoms with E-state index >= 15 is 0 Å². The van der Waals surface area contributed by atoms with Crippen LogP contribution in [-0.4, -0.2) is 24.1 Å². The fraction of sp³-hybridized carbons (Fsp3) is 0.167. The Morgan fingerprint density at radius 2 is 2.00 bits per heavy atom. The maximum absolute atomic E-state index is 11.9. The minimum absolute atomic E-state index is 0.0296. The van der Waals surface area contributed by atoms with Crippen molar-refractivity contribution in [3.05, 3.63) is 52.9 Å². The quantitative estimate of drug-likeness (QED) is 0.904. The Morgan fingerprint density at radius 3 is 2.68 bits per heavy atom. The van der Waals surface area contributed by atoms with Crippen molar-refractivity contribution in [1.82, 2.24) is 9.97 Å². The van der Waals surface area contributed by atoms with Crippen molar-refractivity contribution in [2.45, 2.75) is 6.42 Å². The van der Waals surface area contributed by atoms with E-state index in [-0.39, 0.29) is 5.75 Å². The number of pyridine rings is 2. The van der Waals surface area contributed by atoms with E-state index in [1.807, 2.05) is 6.07 Å². The molecule has 0 saturated heterocycles. The van der Waals surface area contributed by atoms with Crippen LogP contribution in [-0.2, 0) is 16.4 Å². The fourth-order valence-corrected chi connectivity index (χ4v) is 2.80. The second kappa shape index (κ2) is 6.12. The van der Waals surface area contributed by atoms with Crippen molar-refractivity contribution in [2.24, 2.45) is 0 Å². The number of aromatic nitrogens is 2. The van der Waals surface area contributed by atoms with Crippen LogP contribution in [0.4, 0.5) is 5.82 Å². The number of hydrogen-bond acceptors (Lipinski definition) is 4. The van der Waals surface area contributed by atoms with Crippen molar-refractivity contribution in [1.29, 1.82) is 0 Å². The molecule has 0 aromatic carbocycles. The molecule has 100 valence electrons. The standard InChI is InChI=1S/C12H12BrN3O2S/c13-10-4-7-15-12(9-10)16-19(17,18)8-5-11-3-1-2-6-14-11/h1-4,6-7,9H,5,8H2,(H,15,16). The SMILES string of the molecule is O=S(=O)(CCc1ccccn1)Nc1cc(Br)ccn1. The van der Waals surface area contributed by atoms with Crippen LogP contribution in [0.5, 0.6) is 0 Å². The largest absolute Gasteiger partial charge is 0.267 e. The van der Waals surface area contributed by atoms with Gasteiger partial charge in [-0.05, 0) is 24.3 Å². The van der Waals surface area contributed by atoms with Gasteiger partial charge >= 0.3 is 0 Å². The summed E-state index contributed by atoms with van der Waals surface area (Å²) in [7, 11) is -3.42. The minimum Gasteiger partial charge on any atom is -0.267 e. The van der Waals surface area contributed by atoms with Gasteiger partial charge in [-0.2, -0.15) is 0 Å². The Hall–Kier alpha value is -1.47. The highest BCUT2D eigenvalue weighted by Gasteiger charge is 2.11. The van der Waals surface area contributed by atoms with Crippen molar-refractivity contribution in [3.63, 3.8) is 0 Å². The van der Waals surface area contributed by atoms with Gasteiger partial charge in [0.15, 0.2) is 0 Å². The van der Waals surface area contributed by atoms with E-state index in [1.165, 1.54) is 6.20 Å². The van der Waals surface area contributed by atoms with Crippen LogP contribution in [0.3, 0.4) is 0 Å². The molecule has 0 fully saturated rings. The number of anilines is 1. The van der Waals surface area contributed by atoms with Gasteiger partial charge in [0.05, 0.1) is 5.75 Å². The van der Waals surface area contributed by atoms with E-state index in [1.54, 1.807) is 30.5 Å². The molecule has 5 nitrogen and oxygen atoms in total. The van der Waals surface area contributed by atoms with Crippen molar-refractivity contribution < 1.29 is 8.42 Å². The Labute approximate surface area is 120 Å². The zero-order valence-corrected chi connectivity index (χ0v) is 12.4. The van der Waals surface area contributed by atoms with Crippen molar-refractivity contribution in [3.8, 4) is 0 Å². The lowest BCUT2D eigenvalue weighted by Gasteiger charge is -2.07. The van der Waals surface area contributed by atoms with Gasteiger partial charge in [0, 0.05) is 29.0 Å². The summed E-state index contributed by atoms with van der Waals surface area (Å²) in [5.74, 6) is 0.272. The summed E-state index contributed by atoms with van der Waals surface area (Å²) in [6.07, 6.45) is 3.54. The summed E-state index contributed by atoms with van der Waals surface area (Å²) in [6.45, 7) is 0. The number of nitrogens with one attached hydrogen (secondary N) is 1. The van der Waals surface area contributed by atoms with E-state index in [4.69, 9.17) is 0 Å². The zero-order chi connectivity index (χ0) is 13.7. The highest BCUT2D eigenvalue weighted by Crippen LogP contribution is 2.14. The number of rotatable bonds is 5. The van der Waals surface area contributed by atoms with Crippen molar-refractivity contribution >= 4 is 31.8 Å². The van der Waals surface area contributed by atoms with Crippen LogP contribution in [0.25, 0.3) is 0 Å². The van der Waals surface area contributed by atoms with E-state index in [0.717, 1.165) is 10.2 Å². The van der Waals surface area contributed by atoms with Gasteiger partial charge in [-0.25, -0.2) is 13.4 Å². The molecule has 0 aliphatic rings. The lowest BCUT2D eigenvalue weighted by molar-refractivity contribution is 0.600. The molecule has 0 atom stereocenters. The highest BCUT2D eigenvalue weighted by atomic mass is 79.9. The monoisotopic (exact) mass is 341 g/mol. The number of hydrogen-bond donors (Lipinski definition) is 1. The van der Waals surface area contributed by atoms with Crippen molar-refractivity contribution in [2.75, 3.05) is 10.5 Å². The van der Waals surface area contributed by atoms with E-state index in [0.29, 0.717) is 12.2 Å². The van der Waals surface area contributed by atoms with Gasteiger partial charge in [0.1, 0.15) is 5.82 Å². The molecule has 2 rings (SSSR count). The van der Waals surface area contributed by atoms with Gasteiger partial charge < -0.3 is 0 Å². The summed E-state index contributed by atoms with van der Waals surface area (Å²) in [6, 6.07) is 8.76. The second-order valence-corrected chi connectivity index (χ2v) is 6.61. The topological polar surface area (TPSA) is 72.0 Å². The molecule has 0 saturated carbocycles. The first-order valence-electron chi connectivity index (χ1n) is 5.57. The molecule has 0 amide bonds. The van der Waals surface area contributed by atoms with Gasteiger partial charge in [0.25, 0.3) is 0 Å². The van der Waals surface area contributed by atoms with Crippen LogP contribution in [0, 0.1) is 0 Å². The van der Waals surface area contributed by atoms with E-state index in [2.05, 4.69) is 30.6 Å². The maximum Gasteiger partial charge on any atom is 0.234 e. The summed E-state index contributed by atoms with van der Waals surface area (Å²) in [5, 5.41) is 0. The highest BCUT2D eigenvalue weighted by molar-refractivity contribution is 9.10. The zero-order valence-electron chi connectivity index (χ0n) is 9.95. The molecule has 1 N–H and O–H groups in total. The summed E-state index contributed by atoms with van der Waals surface area (Å²) in [5.41, 5.74) is 0.745. The Balaban J connectivity index is 1.99. The first-order valence-corrected chi connectivity index (χ1v) is 8.02. The average molecular weight is 342 g/mol. The lowest BCUT2D eigenvalue weighted by Crippen LogP contribution is -2.19. The minimum atomic E-state index is -3.42. The molecule has 0 aliphatic carbocycles. The Bertz CT molecular complexity index is 647. The molecule has 2 heterocycles. The van der Waals surface area contributed by atoms with Crippen LogP contribution >= 0.6 is 15.9 Å². The van der Waals surface area contributed by atoms with Crippen LogP contribution in [0.1, 0.15) is 5.69 Å². The average Bonchev–Trinajstić information content (AvgIpc) is 2.37. The Morgan fingerprint density at radius 1 is 1.16 bits per heavy atom. The summed E-state index contributed by atoms with van der Waals surface area (Å²) < 4.78 is 27.0. The van der Waals surface area contributed by atoms with E-state index in [9.17, 15) is 8.42 Å². The molecule has 2 aromatic heterocycles. The Kier molecular flexibility index (Phi) is 4.49. The summed E-state index contributed by atoms with van der Waals surface area (Å²) in [4.78, 5) is 8.03. The first-order chi connectivity index (χ1) is 9.05. The molecular weight excluding hydrogens is 330 g/mol.